The van der Waals surface area contributed by atoms with E-state index in [1.165, 1.54) is 36.7 Å². The second-order valence-corrected chi connectivity index (χ2v) is 7.44. The van der Waals surface area contributed by atoms with Gasteiger partial charge >= 0.3 is 5.97 Å². The van der Waals surface area contributed by atoms with E-state index in [9.17, 15) is 18.0 Å². The molecule has 1 amide bonds. The van der Waals surface area contributed by atoms with Gasteiger partial charge in [0.15, 0.2) is 0 Å². The van der Waals surface area contributed by atoms with Crippen LogP contribution in [0.25, 0.3) is 0 Å². The van der Waals surface area contributed by atoms with Gasteiger partial charge in [-0.15, -0.1) is 0 Å². The van der Waals surface area contributed by atoms with E-state index < -0.39 is 28.4 Å². The molecule has 1 aromatic carbocycles. The Morgan fingerprint density at radius 2 is 1.92 bits per heavy atom. The van der Waals surface area contributed by atoms with E-state index in [0.717, 1.165) is 17.7 Å². The first-order chi connectivity index (χ1) is 11.3. The van der Waals surface area contributed by atoms with Crippen molar-refractivity contribution < 1.29 is 27.9 Å². The number of hydrogen-bond acceptors (Lipinski definition) is 5. The number of carboxylic acids is 1. The van der Waals surface area contributed by atoms with Crippen molar-refractivity contribution in [1.82, 2.24) is 9.21 Å². The van der Waals surface area contributed by atoms with Crippen molar-refractivity contribution in [2.45, 2.75) is 17.7 Å². The Bertz CT molecular complexity index is 740. The van der Waals surface area contributed by atoms with Gasteiger partial charge in [-0.25, -0.2) is 8.42 Å². The van der Waals surface area contributed by atoms with Gasteiger partial charge in [-0.1, -0.05) is 0 Å². The monoisotopic (exact) mass is 356 g/mol. The first-order valence-electron chi connectivity index (χ1n) is 7.43. The highest BCUT2D eigenvalue weighted by molar-refractivity contribution is 7.89. The number of nitrogens with zero attached hydrogens (tertiary/aromatic N) is 2. The quantitative estimate of drug-likeness (QED) is 0.802. The fraction of sp³-hybridized carbons (Fsp3) is 0.467. The predicted molar refractivity (Wildman–Crippen MR) is 85.6 cm³/mol. The standard InChI is InChI=1S/C15H20N2O6S/c1-16(10-14(18)19)15(20)11-5-6-12(23-2)13(9-11)24(21,22)17-7-3-4-8-17/h5-6,9H,3-4,7-8,10H2,1-2H3,(H,18,19). The highest BCUT2D eigenvalue weighted by Gasteiger charge is 2.31. The second kappa shape index (κ2) is 7.18. The van der Waals surface area contributed by atoms with Crippen LogP contribution in [0.3, 0.4) is 0 Å². The van der Waals surface area contributed by atoms with Crippen LogP contribution < -0.4 is 4.74 Å². The largest absolute Gasteiger partial charge is 0.495 e. The number of sulfonamides is 1. The predicted octanol–water partition coefficient (Wildman–Crippen LogP) is 0.636. The smallest absolute Gasteiger partial charge is 0.323 e. The van der Waals surface area contributed by atoms with Crippen LogP contribution in [0.15, 0.2) is 23.1 Å². The topological polar surface area (TPSA) is 104 Å². The lowest BCUT2D eigenvalue weighted by Gasteiger charge is -2.19. The van der Waals surface area contributed by atoms with Gasteiger partial charge < -0.3 is 14.7 Å². The normalized spacial score (nSPS) is 15.2. The number of aliphatic carboxylic acids is 1. The van der Waals surface area contributed by atoms with Crippen LogP contribution in [-0.4, -0.2) is 68.4 Å². The Morgan fingerprint density at radius 3 is 2.46 bits per heavy atom. The summed E-state index contributed by atoms with van der Waals surface area (Å²) in [7, 11) is -1.06. The highest BCUT2D eigenvalue weighted by Crippen LogP contribution is 2.30. The fourth-order valence-corrected chi connectivity index (χ4v) is 4.27. The van der Waals surface area contributed by atoms with Gasteiger partial charge in [0, 0.05) is 25.7 Å². The minimum atomic E-state index is -3.76. The average molecular weight is 356 g/mol. The van der Waals surface area contributed by atoms with Gasteiger partial charge in [0.25, 0.3) is 5.91 Å². The first-order valence-corrected chi connectivity index (χ1v) is 8.87. The van der Waals surface area contributed by atoms with Crippen molar-refractivity contribution in [3.8, 4) is 5.75 Å². The van der Waals surface area contributed by atoms with Crippen LogP contribution in [0.4, 0.5) is 0 Å². The van der Waals surface area contributed by atoms with Crippen LogP contribution in [0.2, 0.25) is 0 Å². The molecule has 1 N–H and O–H groups in total. The van der Waals surface area contributed by atoms with Gasteiger partial charge in [-0.2, -0.15) is 4.31 Å². The lowest BCUT2D eigenvalue weighted by molar-refractivity contribution is -0.137. The van der Waals surface area contributed by atoms with Crippen LogP contribution >= 0.6 is 0 Å². The molecule has 0 atom stereocenters. The molecule has 1 aromatic rings. The molecular formula is C15H20N2O6S. The molecule has 1 aliphatic heterocycles. The molecule has 1 fully saturated rings. The van der Waals surface area contributed by atoms with E-state index in [2.05, 4.69) is 0 Å². The van der Waals surface area contributed by atoms with Crippen LogP contribution in [-0.2, 0) is 14.8 Å². The Labute approximate surface area is 140 Å². The summed E-state index contributed by atoms with van der Waals surface area (Å²) >= 11 is 0. The number of carbonyl (C=O) groups is 2. The third-order valence-corrected chi connectivity index (χ3v) is 5.73. The number of amides is 1. The molecule has 0 spiro atoms. The molecule has 1 saturated heterocycles. The van der Waals surface area contributed by atoms with Crippen molar-refractivity contribution in [2.24, 2.45) is 0 Å². The zero-order chi connectivity index (χ0) is 17.9. The number of hydrogen-bond donors (Lipinski definition) is 1. The van der Waals surface area contributed by atoms with Gasteiger partial charge in [0.05, 0.1) is 7.11 Å². The summed E-state index contributed by atoms with van der Waals surface area (Å²) in [4.78, 5) is 24.0. The summed E-state index contributed by atoms with van der Waals surface area (Å²) in [6, 6.07) is 4.07. The molecule has 1 aliphatic rings. The number of likely N-dealkylation sites (N-methyl/N-ethyl adjacent to an activating group) is 1. The maximum atomic E-state index is 12.8. The summed E-state index contributed by atoms with van der Waals surface area (Å²) < 4.78 is 32.0. The second-order valence-electron chi connectivity index (χ2n) is 5.53. The van der Waals surface area contributed by atoms with Gasteiger partial charge in [-0.3, -0.25) is 9.59 Å². The maximum absolute atomic E-state index is 12.8. The molecule has 0 radical (unpaired) electrons. The van der Waals surface area contributed by atoms with Gasteiger partial charge in [0.2, 0.25) is 10.0 Å². The van der Waals surface area contributed by atoms with E-state index >= 15 is 0 Å². The van der Waals surface area contributed by atoms with E-state index in [4.69, 9.17) is 9.84 Å². The number of carbonyl (C=O) groups excluding carboxylic acids is 1. The fourth-order valence-electron chi connectivity index (χ4n) is 2.57. The van der Waals surface area contributed by atoms with Crippen molar-refractivity contribution in [1.29, 1.82) is 0 Å². The maximum Gasteiger partial charge on any atom is 0.323 e. The van der Waals surface area contributed by atoms with E-state index in [1.54, 1.807) is 0 Å². The molecule has 132 valence electrons. The van der Waals surface area contributed by atoms with E-state index in [1.807, 2.05) is 0 Å². The lowest BCUT2D eigenvalue weighted by Crippen LogP contribution is -2.32. The molecule has 0 saturated carbocycles. The number of ether oxygens (including phenoxy) is 1. The molecule has 0 aromatic heterocycles. The van der Waals surface area contributed by atoms with E-state index in [-0.39, 0.29) is 16.2 Å². The number of rotatable bonds is 6. The third kappa shape index (κ3) is 3.68. The minimum Gasteiger partial charge on any atom is -0.495 e. The number of methoxy groups -OCH3 is 1. The summed E-state index contributed by atoms with van der Waals surface area (Å²) in [6.07, 6.45) is 1.59. The Morgan fingerprint density at radius 1 is 1.29 bits per heavy atom. The van der Waals surface area contributed by atoms with Gasteiger partial charge in [-0.05, 0) is 31.0 Å². The third-order valence-electron chi connectivity index (χ3n) is 3.81. The summed E-state index contributed by atoms with van der Waals surface area (Å²) in [6.45, 7) is 0.393. The number of carboxylic acid groups (broad SMARTS) is 1. The van der Waals surface area contributed by atoms with Crippen molar-refractivity contribution >= 4 is 21.9 Å². The van der Waals surface area contributed by atoms with Crippen molar-refractivity contribution in [3.05, 3.63) is 23.8 Å². The Kier molecular flexibility index (Phi) is 5.45. The summed E-state index contributed by atoms with van der Waals surface area (Å²) in [5.41, 5.74) is 0.0947. The first kappa shape index (κ1) is 18.2. The molecule has 2 rings (SSSR count). The van der Waals surface area contributed by atoms with Crippen molar-refractivity contribution in [3.63, 3.8) is 0 Å². The highest BCUT2D eigenvalue weighted by atomic mass is 32.2. The molecule has 0 aliphatic carbocycles. The van der Waals surface area contributed by atoms with Crippen molar-refractivity contribution in [2.75, 3.05) is 33.8 Å². The molecular weight excluding hydrogens is 336 g/mol. The average Bonchev–Trinajstić information content (AvgIpc) is 3.08. The number of benzene rings is 1. The SMILES string of the molecule is COc1ccc(C(=O)N(C)CC(=O)O)cc1S(=O)(=O)N1CCCC1. The molecule has 9 heteroatoms. The van der Waals surface area contributed by atoms with Gasteiger partial charge in [0.1, 0.15) is 17.2 Å². The lowest BCUT2D eigenvalue weighted by atomic mass is 10.2. The molecule has 0 unspecified atom stereocenters. The van der Waals surface area contributed by atoms with Crippen LogP contribution in [0.5, 0.6) is 5.75 Å². The van der Waals surface area contributed by atoms with Crippen LogP contribution in [0, 0.1) is 0 Å². The minimum absolute atomic E-state index is 0.0820. The van der Waals surface area contributed by atoms with E-state index in [0.29, 0.717) is 13.1 Å². The Hall–Kier alpha value is -2.13. The molecule has 8 nitrogen and oxygen atoms in total. The zero-order valence-electron chi connectivity index (χ0n) is 13.6. The molecule has 1 heterocycles. The molecule has 0 bridgehead atoms. The van der Waals surface area contributed by atoms with Crippen LogP contribution in [0.1, 0.15) is 23.2 Å². The zero-order valence-corrected chi connectivity index (χ0v) is 14.4. The summed E-state index contributed by atoms with van der Waals surface area (Å²) in [5, 5.41) is 8.77. The molecule has 24 heavy (non-hydrogen) atoms. The summed E-state index contributed by atoms with van der Waals surface area (Å²) in [5.74, 6) is -1.57. The Balaban J connectivity index is 2.41.